The van der Waals surface area contributed by atoms with Crippen LogP contribution in [0, 0.1) is 6.92 Å². The number of rotatable bonds is 6. The van der Waals surface area contributed by atoms with E-state index in [2.05, 4.69) is 116 Å². The summed E-state index contributed by atoms with van der Waals surface area (Å²) in [6.45, 7) is 2.19. The van der Waals surface area contributed by atoms with Gasteiger partial charge in [0, 0.05) is 0 Å². The van der Waals surface area contributed by atoms with Crippen LogP contribution < -0.4 is 37.6 Å². The zero-order valence-electron chi connectivity index (χ0n) is 17.3. The fourth-order valence-electron chi connectivity index (χ4n) is 4.00. The van der Waals surface area contributed by atoms with Crippen molar-refractivity contribution >= 4 is 23.2 Å². The van der Waals surface area contributed by atoms with E-state index in [1.165, 1.54) is 27.0 Å². The van der Waals surface area contributed by atoms with Gasteiger partial charge in [-0.25, -0.2) is 0 Å². The lowest BCUT2D eigenvalue weighted by atomic mass is 10.1. The quantitative estimate of drug-likeness (QED) is 0.388. The summed E-state index contributed by atoms with van der Waals surface area (Å²) in [5, 5.41) is 4.23. The van der Waals surface area contributed by atoms with Crippen LogP contribution in [0.15, 0.2) is 109 Å². The average Bonchev–Trinajstić information content (AvgIpc) is 2.80. The Kier molecular flexibility index (Phi) is 7.48. The van der Waals surface area contributed by atoms with Crippen molar-refractivity contribution in [3.63, 3.8) is 0 Å². The van der Waals surface area contributed by atoms with Gasteiger partial charge >= 0.3 is 0 Å². The highest BCUT2D eigenvalue weighted by atomic mass is 79.9. The Hall–Kier alpha value is -2.41. The van der Waals surface area contributed by atoms with Gasteiger partial charge in [-0.3, -0.25) is 0 Å². The molecule has 4 rings (SSSR count). The third-order valence-electron chi connectivity index (χ3n) is 5.55. The molecule has 0 aliphatic carbocycles. The van der Waals surface area contributed by atoms with Crippen molar-refractivity contribution in [3.8, 4) is 5.75 Å². The minimum Gasteiger partial charge on any atom is -1.00 e. The summed E-state index contributed by atoms with van der Waals surface area (Å²) in [4.78, 5) is 0. The molecule has 0 atom stereocenters. The average molecular weight is 477 g/mol. The van der Waals surface area contributed by atoms with Gasteiger partial charge in [0.2, 0.25) is 0 Å². The van der Waals surface area contributed by atoms with Gasteiger partial charge in [0.25, 0.3) is 0 Å². The highest BCUT2D eigenvalue weighted by molar-refractivity contribution is 7.95. The maximum atomic E-state index is 5.44. The second-order valence-electron chi connectivity index (χ2n) is 7.27. The van der Waals surface area contributed by atoms with Crippen molar-refractivity contribution in [1.29, 1.82) is 0 Å². The van der Waals surface area contributed by atoms with Gasteiger partial charge in [0.05, 0.1) is 13.3 Å². The van der Waals surface area contributed by atoms with Crippen LogP contribution in [0.2, 0.25) is 0 Å². The number of aryl methyl sites for hydroxylation is 1. The molecule has 0 radical (unpaired) electrons. The smallest absolute Gasteiger partial charge is 0.119 e. The monoisotopic (exact) mass is 476 g/mol. The van der Waals surface area contributed by atoms with E-state index in [-0.39, 0.29) is 17.0 Å². The predicted octanol–water partition coefficient (Wildman–Crippen LogP) is 2.50. The Bertz CT molecular complexity index is 969. The molecule has 1 nitrogen and oxygen atoms in total. The van der Waals surface area contributed by atoms with E-state index < -0.39 is 7.26 Å². The summed E-state index contributed by atoms with van der Waals surface area (Å²) in [6, 6.07) is 39.5. The van der Waals surface area contributed by atoms with E-state index in [0.717, 1.165) is 11.9 Å². The van der Waals surface area contributed by atoms with Crippen molar-refractivity contribution < 1.29 is 21.7 Å². The van der Waals surface area contributed by atoms with E-state index >= 15 is 0 Å². The first-order valence-electron chi connectivity index (χ1n) is 9.92. The first kappa shape index (κ1) is 22.3. The van der Waals surface area contributed by atoms with Gasteiger partial charge in [-0.1, -0.05) is 60.7 Å². The second kappa shape index (κ2) is 10.1. The summed E-state index contributed by atoms with van der Waals surface area (Å²) in [5.41, 5.74) is 2.65. The number of benzene rings is 4. The number of hydrogen-bond acceptors (Lipinski definition) is 1. The Balaban J connectivity index is 0.00000256. The van der Waals surface area contributed by atoms with Crippen LogP contribution in [0.5, 0.6) is 5.75 Å². The molecule has 0 N–H and O–H groups in total. The minimum atomic E-state index is -1.87. The molecule has 0 aliphatic rings. The molecule has 4 aromatic rings. The third kappa shape index (κ3) is 4.36. The first-order chi connectivity index (χ1) is 14.2. The van der Waals surface area contributed by atoms with Crippen LogP contribution in [0.1, 0.15) is 11.1 Å². The largest absolute Gasteiger partial charge is 1.00 e. The van der Waals surface area contributed by atoms with E-state index in [9.17, 15) is 0 Å². The van der Waals surface area contributed by atoms with Crippen LogP contribution in [-0.4, -0.2) is 7.11 Å². The summed E-state index contributed by atoms with van der Waals surface area (Å²) in [7, 11) is -0.141. The lowest BCUT2D eigenvalue weighted by Crippen LogP contribution is -3.00. The van der Waals surface area contributed by atoms with Crippen LogP contribution in [0.4, 0.5) is 0 Å². The molecule has 0 spiro atoms. The molecule has 0 unspecified atom stereocenters. The minimum absolute atomic E-state index is 0. The van der Waals surface area contributed by atoms with Crippen molar-refractivity contribution in [2.75, 3.05) is 7.11 Å². The molecule has 152 valence electrons. The Morgan fingerprint density at radius 2 is 1.07 bits per heavy atom. The molecule has 0 aromatic heterocycles. The highest BCUT2D eigenvalue weighted by Gasteiger charge is 2.45. The molecule has 0 aliphatic heterocycles. The number of halogens is 1. The van der Waals surface area contributed by atoms with Gasteiger partial charge < -0.3 is 21.7 Å². The normalized spacial score (nSPS) is 10.9. The molecular formula is C27H26BrOP. The Morgan fingerprint density at radius 3 is 1.43 bits per heavy atom. The molecule has 0 saturated carbocycles. The van der Waals surface area contributed by atoms with Crippen molar-refractivity contribution in [1.82, 2.24) is 0 Å². The molecule has 0 fully saturated rings. The number of ether oxygens (including phenoxy) is 1. The van der Waals surface area contributed by atoms with Crippen molar-refractivity contribution in [2.45, 2.75) is 13.1 Å². The van der Waals surface area contributed by atoms with Gasteiger partial charge in [0.15, 0.2) is 0 Å². The molecule has 0 amide bonds. The Morgan fingerprint density at radius 1 is 0.633 bits per heavy atom. The predicted molar refractivity (Wildman–Crippen MR) is 127 cm³/mol. The fourth-order valence-corrected chi connectivity index (χ4v) is 8.35. The van der Waals surface area contributed by atoms with Gasteiger partial charge in [0.1, 0.15) is 28.9 Å². The van der Waals surface area contributed by atoms with Crippen LogP contribution in [-0.2, 0) is 6.16 Å². The third-order valence-corrected chi connectivity index (χ3v) is 9.90. The zero-order chi connectivity index (χ0) is 20.1. The topological polar surface area (TPSA) is 9.23 Å². The van der Waals surface area contributed by atoms with Crippen molar-refractivity contribution in [3.05, 3.63) is 120 Å². The van der Waals surface area contributed by atoms with E-state index in [1.807, 2.05) is 0 Å². The molecule has 30 heavy (non-hydrogen) atoms. The van der Waals surface area contributed by atoms with Gasteiger partial charge in [-0.15, -0.1) is 0 Å². The summed E-state index contributed by atoms with van der Waals surface area (Å²) >= 11 is 0. The lowest BCUT2D eigenvalue weighted by Gasteiger charge is -2.28. The van der Waals surface area contributed by atoms with Gasteiger partial charge in [-0.05, 0) is 66.6 Å². The maximum absolute atomic E-state index is 5.44. The molecule has 3 heteroatoms. The lowest BCUT2D eigenvalue weighted by molar-refractivity contribution is -0.00000606. The standard InChI is InChI=1S/C27H26OP.BrH/c1-22-20-24(28-2)19-18-23(22)21-29(25-12-6-3-7-13-25,26-14-8-4-9-15-26)27-16-10-5-11-17-27;/h3-20H,21H2,1-2H3;1H/q+1;/p-1. The summed E-state index contributed by atoms with van der Waals surface area (Å²) in [6.07, 6.45) is 0.987. The van der Waals surface area contributed by atoms with Crippen LogP contribution in [0.3, 0.4) is 0 Å². The van der Waals surface area contributed by atoms with Gasteiger partial charge in [-0.2, -0.15) is 0 Å². The fraction of sp³-hybridized carbons (Fsp3) is 0.111. The zero-order valence-corrected chi connectivity index (χ0v) is 19.8. The van der Waals surface area contributed by atoms with Crippen LogP contribution >= 0.6 is 7.26 Å². The maximum Gasteiger partial charge on any atom is 0.119 e. The molecular weight excluding hydrogens is 451 g/mol. The second-order valence-corrected chi connectivity index (χ2v) is 10.8. The molecule has 4 aromatic carbocycles. The number of hydrogen-bond donors (Lipinski definition) is 0. The van der Waals surface area contributed by atoms with Crippen LogP contribution in [0.25, 0.3) is 0 Å². The molecule has 0 bridgehead atoms. The number of methoxy groups -OCH3 is 1. The summed E-state index contributed by atoms with van der Waals surface area (Å²) in [5.74, 6) is 0.911. The SMILES string of the molecule is COc1ccc(C[P+](c2ccccc2)(c2ccccc2)c2ccccc2)c(C)c1.[Br-]. The first-order valence-corrected chi connectivity index (χ1v) is 11.9. The Labute approximate surface area is 190 Å². The van der Waals surface area contributed by atoms with E-state index in [4.69, 9.17) is 4.74 Å². The van der Waals surface area contributed by atoms with E-state index in [0.29, 0.717) is 0 Å². The molecule has 0 heterocycles. The molecule has 0 saturated heterocycles. The highest BCUT2D eigenvalue weighted by Crippen LogP contribution is 2.58. The van der Waals surface area contributed by atoms with Crippen molar-refractivity contribution in [2.24, 2.45) is 0 Å². The summed E-state index contributed by atoms with van der Waals surface area (Å²) < 4.78 is 5.44. The van der Waals surface area contributed by atoms with E-state index in [1.54, 1.807) is 7.11 Å².